The predicted octanol–water partition coefficient (Wildman–Crippen LogP) is 1.73. The monoisotopic (exact) mass is 270 g/mol. The van der Waals surface area contributed by atoms with Crippen molar-refractivity contribution in [2.24, 2.45) is 7.05 Å². The maximum absolute atomic E-state index is 12.0. The Labute approximate surface area is 115 Å². The van der Waals surface area contributed by atoms with Crippen LogP contribution < -0.4 is 0 Å². The molecule has 102 valence electrons. The molecule has 3 aromatic heterocycles. The van der Waals surface area contributed by atoms with Gasteiger partial charge in [-0.3, -0.25) is 4.68 Å². The lowest BCUT2D eigenvalue weighted by atomic mass is 10.3. The highest BCUT2D eigenvalue weighted by Gasteiger charge is 2.14. The molecule has 0 saturated heterocycles. The molecule has 0 aromatic carbocycles. The highest BCUT2D eigenvalue weighted by atomic mass is 16.5. The summed E-state index contributed by atoms with van der Waals surface area (Å²) in [4.78, 5) is 16.3. The van der Waals surface area contributed by atoms with E-state index in [0.717, 1.165) is 11.3 Å². The lowest BCUT2D eigenvalue weighted by Crippen LogP contribution is -2.07. The van der Waals surface area contributed by atoms with E-state index in [1.54, 1.807) is 11.7 Å². The van der Waals surface area contributed by atoms with Gasteiger partial charge < -0.3 is 9.14 Å². The van der Waals surface area contributed by atoms with Crippen LogP contribution in [0.15, 0.2) is 36.8 Å². The van der Waals surface area contributed by atoms with Gasteiger partial charge in [-0.1, -0.05) is 6.07 Å². The van der Waals surface area contributed by atoms with E-state index in [1.807, 2.05) is 41.9 Å². The van der Waals surface area contributed by atoms with Crippen LogP contribution in [0.3, 0.4) is 0 Å². The maximum atomic E-state index is 12.0. The van der Waals surface area contributed by atoms with Crippen LogP contribution in [-0.2, 0) is 18.4 Å². The minimum absolute atomic E-state index is 0.148. The van der Waals surface area contributed by atoms with Gasteiger partial charge in [0.15, 0.2) is 0 Å². The van der Waals surface area contributed by atoms with Crippen molar-refractivity contribution in [2.75, 3.05) is 0 Å². The zero-order chi connectivity index (χ0) is 14.1. The molecular weight excluding hydrogens is 256 g/mol. The standard InChI is InChI=1S/C14H14N4O2/c1-10-12(7-15-17(10)2)14(19)20-9-11-8-18-6-4-3-5-13(18)16-11/h3-8H,9H2,1-2H3. The lowest BCUT2D eigenvalue weighted by Gasteiger charge is -2.02. The van der Waals surface area contributed by atoms with Crippen LogP contribution in [0, 0.1) is 6.92 Å². The number of esters is 1. The molecule has 0 spiro atoms. The molecule has 0 atom stereocenters. The zero-order valence-corrected chi connectivity index (χ0v) is 11.3. The minimum atomic E-state index is -0.382. The van der Waals surface area contributed by atoms with Crippen molar-refractivity contribution < 1.29 is 9.53 Å². The van der Waals surface area contributed by atoms with Crippen molar-refractivity contribution in [3.63, 3.8) is 0 Å². The molecule has 6 nitrogen and oxygen atoms in total. The fourth-order valence-corrected chi connectivity index (χ4v) is 1.97. The van der Waals surface area contributed by atoms with Crippen molar-refractivity contribution in [1.82, 2.24) is 19.2 Å². The van der Waals surface area contributed by atoms with Gasteiger partial charge in [-0.05, 0) is 19.1 Å². The Balaban J connectivity index is 1.73. The summed E-state index contributed by atoms with van der Waals surface area (Å²) in [5.74, 6) is -0.382. The number of carbonyl (C=O) groups excluding carboxylic acids is 1. The summed E-state index contributed by atoms with van der Waals surface area (Å²) in [5.41, 5.74) is 2.81. The summed E-state index contributed by atoms with van der Waals surface area (Å²) in [6.45, 7) is 1.98. The van der Waals surface area contributed by atoms with Crippen molar-refractivity contribution in [2.45, 2.75) is 13.5 Å². The Bertz CT molecular complexity index is 739. The molecule has 3 aromatic rings. The van der Waals surface area contributed by atoms with Crippen molar-refractivity contribution >= 4 is 11.6 Å². The number of hydrogen-bond donors (Lipinski definition) is 0. The zero-order valence-electron chi connectivity index (χ0n) is 11.3. The molecule has 0 saturated carbocycles. The first-order chi connectivity index (χ1) is 9.65. The van der Waals surface area contributed by atoms with Crippen LogP contribution in [0.1, 0.15) is 21.7 Å². The molecule has 6 heteroatoms. The third kappa shape index (κ3) is 2.16. The third-order valence-electron chi connectivity index (χ3n) is 3.22. The molecule has 20 heavy (non-hydrogen) atoms. The highest BCUT2D eigenvalue weighted by molar-refractivity contribution is 5.90. The molecule has 0 aliphatic rings. The van der Waals surface area contributed by atoms with E-state index in [2.05, 4.69) is 10.1 Å². The Morgan fingerprint density at radius 1 is 1.40 bits per heavy atom. The lowest BCUT2D eigenvalue weighted by molar-refractivity contribution is 0.0467. The Kier molecular flexibility index (Phi) is 2.98. The number of carbonyl (C=O) groups is 1. The van der Waals surface area contributed by atoms with Gasteiger partial charge in [-0.2, -0.15) is 5.10 Å². The van der Waals surface area contributed by atoms with E-state index in [0.29, 0.717) is 11.3 Å². The Hall–Kier alpha value is -2.63. The second kappa shape index (κ2) is 4.80. The maximum Gasteiger partial charge on any atom is 0.342 e. The van der Waals surface area contributed by atoms with Gasteiger partial charge in [-0.25, -0.2) is 9.78 Å². The Morgan fingerprint density at radius 2 is 2.25 bits per heavy atom. The van der Waals surface area contributed by atoms with Crippen LogP contribution in [-0.4, -0.2) is 25.1 Å². The number of aromatic nitrogens is 4. The summed E-state index contributed by atoms with van der Waals surface area (Å²) < 4.78 is 8.80. The number of pyridine rings is 1. The topological polar surface area (TPSA) is 61.4 Å². The predicted molar refractivity (Wildman–Crippen MR) is 72.3 cm³/mol. The van der Waals surface area contributed by atoms with Gasteiger partial charge in [0, 0.05) is 25.1 Å². The van der Waals surface area contributed by atoms with Gasteiger partial charge in [-0.15, -0.1) is 0 Å². The molecule has 0 aliphatic heterocycles. The number of hydrogen-bond acceptors (Lipinski definition) is 4. The fraction of sp³-hybridized carbons (Fsp3) is 0.214. The van der Waals surface area contributed by atoms with Crippen LogP contribution in [0.4, 0.5) is 0 Å². The first-order valence-corrected chi connectivity index (χ1v) is 6.23. The first kappa shape index (κ1) is 12.4. The number of aryl methyl sites for hydroxylation is 1. The van der Waals surface area contributed by atoms with E-state index in [-0.39, 0.29) is 12.6 Å². The van der Waals surface area contributed by atoms with E-state index < -0.39 is 0 Å². The molecule has 0 bridgehead atoms. The average molecular weight is 270 g/mol. The third-order valence-corrected chi connectivity index (χ3v) is 3.22. The quantitative estimate of drug-likeness (QED) is 0.680. The molecule has 0 aliphatic carbocycles. The summed E-state index contributed by atoms with van der Waals surface area (Å²) in [6, 6.07) is 5.73. The number of rotatable bonds is 3. The molecule has 0 amide bonds. The highest BCUT2D eigenvalue weighted by Crippen LogP contribution is 2.10. The molecule has 0 unspecified atom stereocenters. The first-order valence-electron chi connectivity index (χ1n) is 6.23. The number of ether oxygens (including phenoxy) is 1. The van der Waals surface area contributed by atoms with Crippen LogP contribution in [0.2, 0.25) is 0 Å². The van der Waals surface area contributed by atoms with Crippen molar-refractivity contribution in [3.8, 4) is 0 Å². The molecule has 0 N–H and O–H groups in total. The summed E-state index contributed by atoms with van der Waals surface area (Å²) >= 11 is 0. The average Bonchev–Trinajstić information content (AvgIpc) is 3.00. The van der Waals surface area contributed by atoms with Gasteiger partial charge in [0.05, 0.1) is 11.9 Å². The summed E-state index contributed by atoms with van der Waals surface area (Å²) in [5, 5.41) is 4.02. The van der Waals surface area contributed by atoms with Crippen molar-refractivity contribution in [3.05, 3.63) is 53.7 Å². The summed E-state index contributed by atoms with van der Waals surface area (Å²) in [6.07, 6.45) is 5.26. The van der Waals surface area contributed by atoms with Crippen LogP contribution in [0.5, 0.6) is 0 Å². The molecule has 0 fully saturated rings. The number of imidazole rings is 1. The minimum Gasteiger partial charge on any atom is -0.455 e. The number of nitrogens with zero attached hydrogens (tertiary/aromatic N) is 4. The molecule has 3 rings (SSSR count). The second-order valence-electron chi connectivity index (χ2n) is 4.54. The van der Waals surface area contributed by atoms with Crippen molar-refractivity contribution in [1.29, 1.82) is 0 Å². The van der Waals surface area contributed by atoms with Gasteiger partial charge in [0.1, 0.15) is 17.8 Å². The molecular formula is C14H14N4O2. The smallest absolute Gasteiger partial charge is 0.342 e. The number of fused-ring (bicyclic) bond motifs is 1. The van der Waals surface area contributed by atoms with E-state index >= 15 is 0 Å². The molecule has 3 heterocycles. The van der Waals surface area contributed by atoms with E-state index in [1.165, 1.54) is 6.20 Å². The largest absolute Gasteiger partial charge is 0.455 e. The normalized spacial score (nSPS) is 10.9. The van der Waals surface area contributed by atoms with E-state index in [9.17, 15) is 4.79 Å². The molecule has 0 radical (unpaired) electrons. The Morgan fingerprint density at radius 3 is 2.95 bits per heavy atom. The fourth-order valence-electron chi connectivity index (χ4n) is 1.97. The van der Waals surface area contributed by atoms with Gasteiger partial charge in [0.25, 0.3) is 0 Å². The van der Waals surface area contributed by atoms with Crippen LogP contribution >= 0.6 is 0 Å². The van der Waals surface area contributed by atoms with E-state index in [4.69, 9.17) is 4.74 Å². The summed E-state index contributed by atoms with van der Waals surface area (Å²) in [7, 11) is 1.79. The van der Waals surface area contributed by atoms with Crippen LogP contribution in [0.25, 0.3) is 5.65 Å². The van der Waals surface area contributed by atoms with Gasteiger partial charge in [0.2, 0.25) is 0 Å². The SMILES string of the molecule is Cc1c(C(=O)OCc2cn3ccccc3n2)cnn1C. The second-order valence-corrected chi connectivity index (χ2v) is 4.54. The van der Waals surface area contributed by atoms with Gasteiger partial charge >= 0.3 is 5.97 Å².